The molecular weight excluding hydrogens is 304 g/mol. The van der Waals surface area contributed by atoms with Crippen LogP contribution in [0.15, 0.2) is 24.3 Å². The number of rotatable bonds is 7. The smallest absolute Gasteiger partial charge is 0.215 e. The first kappa shape index (κ1) is 16.4. The molecule has 1 aliphatic carbocycles. The normalized spacial score (nSPS) is 16.9. The van der Waals surface area contributed by atoms with E-state index in [1.807, 2.05) is 0 Å². The average molecular weight is 326 g/mol. The van der Waals surface area contributed by atoms with E-state index in [4.69, 9.17) is 18.0 Å². The van der Waals surface area contributed by atoms with Crippen molar-refractivity contribution < 1.29 is 8.42 Å². The van der Waals surface area contributed by atoms with Crippen LogP contribution in [0, 0.1) is 11.3 Å². The summed E-state index contributed by atoms with van der Waals surface area (Å²) < 4.78 is 27.1. The van der Waals surface area contributed by atoms with E-state index in [0.29, 0.717) is 17.5 Å². The van der Waals surface area contributed by atoms with E-state index in [0.717, 1.165) is 24.0 Å². The molecule has 0 aliphatic heterocycles. The fraction of sp³-hybridized carbons (Fsp3) is 0.533. The monoisotopic (exact) mass is 326 g/mol. The van der Waals surface area contributed by atoms with Gasteiger partial charge in [0, 0.05) is 12.1 Å². The maximum Gasteiger partial charge on any atom is 0.215 e. The third-order valence-electron chi connectivity index (χ3n) is 4.36. The zero-order chi connectivity index (χ0) is 15.7. The Morgan fingerprint density at radius 3 is 2.33 bits per heavy atom. The van der Waals surface area contributed by atoms with E-state index in [1.54, 1.807) is 24.3 Å². The van der Waals surface area contributed by atoms with E-state index in [9.17, 15) is 8.42 Å². The lowest BCUT2D eigenvalue weighted by molar-refractivity contribution is 0.357. The molecule has 1 aromatic carbocycles. The van der Waals surface area contributed by atoms with Gasteiger partial charge in [-0.1, -0.05) is 50.3 Å². The zero-order valence-corrected chi connectivity index (χ0v) is 14.1. The quantitative estimate of drug-likeness (QED) is 0.753. The highest BCUT2D eigenvalue weighted by Crippen LogP contribution is 2.51. The largest absolute Gasteiger partial charge is 0.389 e. The summed E-state index contributed by atoms with van der Waals surface area (Å²) in [4.78, 5) is 0.315. The second-order valence-corrected chi connectivity index (χ2v) is 8.41. The Morgan fingerprint density at radius 1 is 1.33 bits per heavy atom. The molecule has 2 rings (SSSR count). The van der Waals surface area contributed by atoms with Gasteiger partial charge in [-0.2, -0.15) is 0 Å². The van der Waals surface area contributed by atoms with Crippen LogP contribution in [0.5, 0.6) is 0 Å². The highest BCUT2D eigenvalue weighted by Gasteiger charge is 2.45. The number of nitrogens with two attached hydrogens (primary N) is 1. The molecule has 0 bridgehead atoms. The molecule has 1 saturated carbocycles. The molecule has 1 aliphatic rings. The molecule has 3 N–H and O–H groups in total. The first-order valence-corrected chi connectivity index (χ1v) is 9.16. The molecule has 4 nitrogen and oxygen atoms in total. The maximum absolute atomic E-state index is 12.2. The summed E-state index contributed by atoms with van der Waals surface area (Å²) in [5.41, 5.74) is 7.17. The molecule has 0 atom stereocenters. The number of hydrogen-bond donors (Lipinski definition) is 2. The van der Waals surface area contributed by atoms with Crippen molar-refractivity contribution in [1.82, 2.24) is 4.72 Å². The molecule has 21 heavy (non-hydrogen) atoms. The van der Waals surface area contributed by atoms with Gasteiger partial charge in [0.25, 0.3) is 0 Å². The number of benzene rings is 1. The van der Waals surface area contributed by atoms with Crippen LogP contribution in [-0.2, 0) is 15.8 Å². The second kappa shape index (κ2) is 6.02. The SMILES string of the molecule is CC(C)C1(CNS(=O)(=O)Cc2ccc(C(N)=S)cc2)CC1. The summed E-state index contributed by atoms with van der Waals surface area (Å²) in [5, 5.41) is 0. The van der Waals surface area contributed by atoms with Gasteiger partial charge >= 0.3 is 0 Å². The average Bonchev–Trinajstić information content (AvgIpc) is 3.18. The first-order chi connectivity index (χ1) is 9.74. The lowest BCUT2D eigenvalue weighted by Gasteiger charge is -2.20. The standard InChI is InChI=1S/C15H22N2O2S2/c1-11(2)15(7-8-15)10-17-21(18,19)9-12-3-5-13(6-4-12)14(16)20/h3-6,11,17H,7-10H2,1-2H3,(H2,16,20). The van der Waals surface area contributed by atoms with Crippen molar-refractivity contribution in [3.05, 3.63) is 35.4 Å². The van der Waals surface area contributed by atoms with Crippen LogP contribution in [0.2, 0.25) is 0 Å². The molecule has 0 aromatic heterocycles. The van der Waals surface area contributed by atoms with Gasteiger partial charge < -0.3 is 5.73 Å². The lowest BCUT2D eigenvalue weighted by Crippen LogP contribution is -2.33. The van der Waals surface area contributed by atoms with Crippen molar-refractivity contribution in [3.63, 3.8) is 0 Å². The van der Waals surface area contributed by atoms with Gasteiger partial charge in [-0.15, -0.1) is 0 Å². The molecule has 6 heteroatoms. The number of nitrogens with one attached hydrogen (secondary N) is 1. The predicted molar refractivity (Wildman–Crippen MR) is 89.5 cm³/mol. The van der Waals surface area contributed by atoms with E-state index in [1.165, 1.54) is 0 Å². The fourth-order valence-electron chi connectivity index (χ4n) is 2.41. The summed E-state index contributed by atoms with van der Waals surface area (Å²) in [7, 11) is -3.31. The fourth-order valence-corrected chi connectivity index (χ4v) is 3.78. The zero-order valence-electron chi connectivity index (χ0n) is 12.4. The molecule has 1 aromatic rings. The summed E-state index contributed by atoms with van der Waals surface area (Å²) in [5.74, 6) is 0.490. The molecule has 0 unspecified atom stereocenters. The molecule has 0 heterocycles. The molecule has 116 valence electrons. The third kappa shape index (κ3) is 4.25. The highest BCUT2D eigenvalue weighted by atomic mass is 32.2. The predicted octanol–water partition coefficient (Wildman–Crippen LogP) is 2.18. The van der Waals surface area contributed by atoms with Crippen molar-refractivity contribution in [2.24, 2.45) is 17.1 Å². The van der Waals surface area contributed by atoms with Gasteiger partial charge in [0.1, 0.15) is 4.99 Å². The van der Waals surface area contributed by atoms with Gasteiger partial charge in [0.05, 0.1) is 5.75 Å². The number of thiocarbonyl (C=S) groups is 1. The molecule has 0 amide bonds. The van der Waals surface area contributed by atoms with E-state index in [2.05, 4.69) is 18.6 Å². The van der Waals surface area contributed by atoms with Crippen LogP contribution in [-0.4, -0.2) is 20.0 Å². The van der Waals surface area contributed by atoms with Crippen LogP contribution in [0.4, 0.5) is 0 Å². The van der Waals surface area contributed by atoms with Crippen LogP contribution in [0.1, 0.15) is 37.8 Å². The van der Waals surface area contributed by atoms with Gasteiger partial charge in [-0.05, 0) is 29.7 Å². The van der Waals surface area contributed by atoms with Crippen molar-refractivity contribution in [2.75, 3.05) is 6.54 Å². The Balaban J connectivity index is 1.96. The Morgan fingerprint density at radius 2 is 1.90 bits per heavy atom. The summed E-state index contributed by atoms with van der Waals surface area (Å²) in [6, 6.07) is 7.01. The Labute approximate surface area is 132 Å². The highest BCUT2D eigenvalue weighted by molar-refractivity contribution is 7.88. The minimum atomic E-state index is -3.31. The van der Waals surface area contributed by atoms with E-state index < -0.39 is 10.0 Å². The Kier molecular flexibility index (Phi) is 4.70. The Hall–Kier alpha value is -0.980. The van der Waals surface area contributed by atoms with Crippen molar-refractivity contribution in [1.29, 1.82) is 0 Å². The molecule has 1 fully saturated rings. The van der Waals surface area contributed by atoms with Crippen LogP contribution < -0.4 is 10.5 Å². The van der Waals surface area contributed by atoms with Gasteiger partial charge in [-0.25, -0.2) is 13.1 Å². The molecule has 0 radical (unpaired) electrons. The molecular formula is C15H22N2O2S2. The molecule has 0 saturated heterocycles. The minimum Gasteiger partial charge on any atom is -0.389 e. The maximum atomic E-state index is 12.2. The lowest BCUT2D eigenvalue weighted by atomic mass is 9.93. The van der Waals surface area contributed by atoms with Crippen LogP contribution >= 0.6 is 12.2 Å². The number of sulfonamides is 1. The topological polar surface area (TPSA) is 72.2 Å². The minimum absolute atomic E-state index is 0.0151. The van der Waals surface area contributed by atoms with Crippen LogP contribution in [0.25, 0.3) is 0 Å². The summed E-state index contributed by atoms with van der Waals surface area (Å²) in [6.45, 7) is 4.84. The third-order valence-corrected chi connectivity index (χ3v) is 5.89. The second-order valence-electron chi connectivity index (χ2n) is 6.16. The summed E-state index contributed by atoms with van der Waals surface area (Å²) in [6.07, 6.45) is 2.21. The van der Waals surface area contributed by atoms with Gasteiger partial charge in [-0.3, -0.25) is 0 Å². The van der Waals surface area contributed by atoms with Crippen molar-refractivity contribution >= 4 is 27.2 Å². The van der Waals surface area contributed by atoms with E-state index in [-0.39, 0.29) is 11.2 Å². The van der Waals surface area contributed by atoms with Crippen LogP contribution in [0.3, 0.4) is 0 Å². The first-order valence-electron chi connectivity index (χ1n) is 7.10. The van der Waals surface area contributed by atoms with Gasteiger partial charge in [0.15, 0.2) is 0 Å². The van der Waals surface area contributed by atoms with Gasteiger partial charge in [0.2, 0.25) is 10.0 Å². The van der Waals surface area contributed by atoms with Crippen molar-refractivity contribution in [3.8, 4) is 0 Å². The Bertz CT molecular complexity index is 618. The number of hydrogen-bond acceptors (Lipinski definition) is 3. The summed E-state index contributed by atoms with van der Waals surface area (Å²) >= 11 is 4.88. The van der Waals surface area contributed by atoms with Crippen molar-refractivity contribution in [2.45, 2.75) is 32.4 Å². The molecule has 0 spiro atoms. The van der Waals surface area contributed by atoms with E-state index >= 15 is 0 Å².